The van der Waals surface area contributed by atoms with Gasteiger partial charge in [-0.1, -0.05) is 18.2 Å². The SMILES string of the molecule is CN/C=C/C(=O)c1nn(-c2ccccc2C)ccc1=O. The summed E-state index contributed by atoms with van der Waals surface area (Å²) in [6, 6.07) is 8.97. The molecule has 0 spiro atoms. The molecule has 2 aromatic rings. The van der Waals surface area contributed by atoms with Gasteiger partial charge in [-0.25, -0.2) is 4.68 Å². The lowest BCUT2D eigenvalue weighted by Crippen LogP contribution is -2.20. The lowest BCUT2D eigenvalue weighted by molar-refractivity contribution is 0.103. The average molecular weight is 269 g/mol. The summed E-state index contributed by atoms with van der Waals surface area (Å²) in [4.78, 5) is 23.6. The van der Waals surface area contributed by atoms with Crippen LogP contribution in [-0.2, 0) is 0 Å². The predicted molar refractivity (Wildman–Crippen MR) is 77.1 cm³/mol. The van der Waals surface area contributed by atoms with E-state index in [1.165, 1.54) is 23.0 Å². The smallest absolute Gasteiger partial charge is 0.211 e. The summed E-state index contributed by atoms with van der Waals surface area (Å²) in [6.07, 6.45) is 4.31. The van der Waals surface area contributed by atoms with Crippen LogP contribution < -0.4 is 10.7 Å². The summed E-state index contributed by atoms with van der Waals surface area (Å²) >= 11 is 0. The van der Waals surface area contributed by atoms with E-state index in [2.05, 4.69) is 10.4 Å². The molecule has 1 aromatic heterocycles. The van der Waals surface area contributed by atoms with Crippen LogP contribution in [0, 0.1) is 6.92 Å². The van der Waals surface area contributed by atoms with Crippen LogP contribution in [0.4, 0.5) is 0 Å². The Morgan fingerprint density at radius 2 is 2.05 bits per heavy atom. The van der Waals surface area contributed by atoms with Crippen LogP contribution >= 0.6 is 0 Å². The van der Waals surface area contributed by atoms with E-state index in [-0.39, 0.29) is 11.1 Å². The molecule has 0 radical (unpaired) electrons. The zero-order valence-corrected chi connectivity index (χ0v) is 11.3. The van der Waals surface area contributed by atoms with Gasteiger partial charge < -0.3 is 5.32 Å². The zero-order chi connectivity index (χ0) is 14.5. The average Bonchev–Trinajstić information content (AvgIpc) is 2.46. The third kappa shape index (κ3) is 2.83. The molecular weight excluding hydrogens is 254 g/mol. The fourth-order valence-electron chi connectivity index (χ4n) is 1.77. The number of hydrogen-bond acceptors (Lipinski definition) is 4. The van der Waals surface area contributed by atoms with Crippen molar-refractivity contribution in [3.63, 3.8) is 0 Å². The monoisotopic (exact) mass is 269 g/mol. The number of allylic oxidation sites excluding steroid dienone is 1. The number of carbonyl (C=O) groups is 1. The number of rotatable bonds is 4. The van der Waals surface area contributed by atoms with Crippen LogP contribution in [0.25, 0.3) is 5.69 Å². The Labute approximate surface area is 116 Å². The Balaban J connectivity index is 2.49. The quantitative estimate of drug-likeness (QED) is 0.674. The minimum atomic E-state index is -0.424. The highest BCUT2D eigenvalue weighted by Gasteiger charge is 2.11. The number of hydrogen-bond donors (Lipinski definition) is 1. The highest BCUT2D eigenvalue weighted by molar-refractivity contribution is 6.02. The molecule has 1 aromatic carbocycles. The predicted octanol–water partition coefficient (Wildman–Crippen LogP) is 1.46. The normalized spacial score (nSPS) is 10.7. The van der Waals surface area contributed by atoms with Crippen LogP contribution in [-0.4, -0.2) is 22.6 Å². The van der Waals surface area contributed by atoms with Crippen molar-refractivity contribution < 1.29 is 4.79 Å². The lowest BCUT2D eigenvalue weighted by atomic mass is 10.2. The molecule has 0 bridgehead atoms. The first-order valence-electron chi connectivity index (χ1n) is 6.17. The van der Waals surface area contributed by atoms with Crippen molar-refractivity contribution in [3.8, 4) is 5.69 Å². The molecule has 0 saturated heterocycles. The molecule has 0 aliphatic heterocycles. The summed E-state index contributed by atoms with van der Waals surface area (Å²) in [5.74, 6) is -0.424. The van der Waals surface area contributed by atoms with Crippen LogP contribution in [0.3, 0.4) is 0 Å². The van der Waals surface area contributed by atoms with E-state index < -0.39 is 5.78 Å². The molecule has 0 saturated carbocycles. The van der Waals surface area contributed by atoms with Crippen LogP contribution in [0.5, 0.6) is 0 Å². The van der Waals surface area contributed by atoms with Gasteiger partial charge in [-0.05, 0) is 18.6 Å². The van der Waals surface area contributed by atoms with Gasteiger partial charge in [0.1, 0.15) is 0 Å². The second kappa shape index (κ2) is 5.97. The second-order valence-corrected chi connectivity index (χ2v) is 4.25. The molecular formula is C15H15N3O2. The van der Waals surface area contributed by atoms with E-state index in [0.717, 1.165) is 11.3 Å². The fraction of sp³-hybridized carbons (Fsp3) is 0.133. The van der Waals surface area contributed by atoms with Crippen molar-refractivity contribution >= 4 is 5.78 Å². The van der Waals surface area contributed by atoms with Gasteiger partial charge >= 0.3 is 0 Å². The summed E-state index contributed by atoms with van der Waals surface area (Å²) in [5, 5.41) is 6.84. The van der Waals surface area contributed by atoms with E-state index in [1.807, 2.05) is 31.2 Å². The maximum absolute atomic E-state index is 11.9. The molecule has 1 N–H and O–H groups in total. The third-order valence-corrected chi connectivity index (χ3v) is 2.81. The van der Waals surface area contributed by atoms with E-state index in [4.69, 9.17) is 0 Å². The molecule has 5 nitrogen and oxygen atoms in total. The summed E-state index contributed by atoms with van der Waals surface area (Å²) in [6.45, 7) is 1.94. The highest BCUT2D eigenvalue weighted by atomic mass is 16.1. The molecule has 0 unspecified atom stereocenters. The third-order valence-electron chi connectivity index (χ3n) is 2.81. The maximum atomic E-state index is 11.9. The highest BCUT2D eigenvalue weighted by Crippen LogP contribution is 2.11. The number of para-hydroxylation sites is 1. The Morgan fingerprint density at radius 1 is 1.30 bits per heavy atom. The molecule has 0 aliphatic carbocycles. The van der Waals surface area contributed by atoms with Crippen molar-refractivity contribution in [2.45, 2.75) is 6.92 Å². The van der Waals surface area contributed by atoms with E-state index in [0.29, 0.717) is 0 Å². The molecule has 2 rings (SSSR count). The molecule has 0 amide bonds. The molecule has 20 heavy (non-hydrogen) atoms. The first-order chi connectivity index (χ1) is 9.63. The van der Waals surface area contributed by atoms with Crippen LogP contribution in [0.1, 0.15) is 16.1 Å². The molecule has 0 aliphatic rings. The van der Waals surface area contributed by atoms with Gasteiger partial charge in [-0.2, -0.15) is 5.10 Å². The van der Waals surface area contributed by atoms with E-state index in [9.17, 15) is 9.59 Å². The lowest BCUT2D eigenvalue weighted by Gasteiger charge is -2.08. The van der Waals surface area contributed by atoms with Gasteiger partial charge in [-0.15, -0.1) is 0 Å². The standard InChI is InChI=1S/C15H15N3O2/c1-11-5-3-4-6-12(11)18-10-8-14(20)15(17-18)13(19)7-9-16-2/h3-10,16H,1-2H3/b9-7+. The van der Waals surface area contributed by atoms with Gasteiger partial charge in [-0.3, -0.25) is 9.59 Å². The van der Waals surface area contributed by atoms with Crippen LogP contribution in [0.15, 0.2) is 53.6 Å². The van der Waals surface area contributed by atoms with Crippen molar-refractivity contribution in [1.29, 1.82) is 0 Å². The van der Waals surface area contributed by atoms with Crippen molar-refractivity contribution in [2.24, 2.45) is 0 Å². The number of carbonyl (C=O) groups excluding carboxylic acids is 1. The van der Waals surface area contributed by atoms with Crippen molar-refractivity contribution in [2.75, 3.05) is 7.05 Å². The topological polar surface area (TPSA) is 64.0 Å². The Morgan fingerprint density at radius 3 is 2.75 bits per heavy atom. The molecule has 0 atom stereocenters. The van der Waals surface area contributed by atoms with Gasteiger partial charge in [0.2, 0.25) is 11.2 Å². The Bertz CT molecular complexity index is 717. The van der Waals surface area contributed by atoms with Crippen molar-refractivity contribution in [3.05, 3.63) is 70.3 Å². The first-order valence-corrected chi connectivity index (χ1v) is 6.17. The van der Waals surface area contributed by atoms with Gasteiger partial charge in [0.05, 0.1) is 5.69 Å². The largest absolute Gasteiger partial charge is 0.394 e. The Hall–Kier alpha value is -2.69. The number of nitrogens with zero attached hydrogens (tertiary/aromatic N) is 2. The maximum Gasteiger partial charge on any atom is 0.211 e. The summed E-state index contributed by atoms with van der Waals surface area (Å²) in [7, 11) is 1.67. The number of aryl methyl sites for hydroxylation is 1. The van der Waals surface area contributed by atoms with Gasteiger partial charge in [0.25, 0.3) is 0 Å². The molecule has 1 heterocycles. The summed E-state index contributed by atoms with van der Waals surface area (Å²) in [5.41, 5.74) is 1.36. The number of benzene rings is 1. The molecule has 0 fully saturated rings. The van der Waals surface area contributed by atoms with Crippen molar-refractivity contribution in [1.82, 2.24) is 15.1 Å². The zero-order valence-electron chi connectivity index (χ0n) is 11.3. The fourth-order valence-corrected chi connectivity index (χ4v) is 1.77. The minimum Gasteiger partial charge on any atom is -0.394 e. The summed E-state index contributed by atoms with van der Waals surface area (Å²) < 4.78 is 1.54. The number of aromatic nitrogens is 2. The van der Waals surface area contributed by atoms with Crippen LogP contribution in [0.2, 0.25) is 0 Å². The number of ketones is 1. The number of nitrogens with one attached hydrogen (secondary N) is 1. The Kier molecular flexibility index (Phi) is 4.10. The van der Waals surface area contributed by atoms with Gasteiger partial charge in [0.15, 0.2) is 5.69 Å². The van der Waals surface area contributed by atoms with Gasteiger partial charge in [0, 0.05) is 31.6 Å². The second-order valence-electron chi connectivity index (χ2n) is 4.25. The molecule has 5 heteroatoms. The van der Waals surface area contributed by atoms with E-state index >= 15 is 0 Å². The first kappa shape index (κ1) is 13.7. The van der Waals surface area contributed by atoms with E-state index in [1.54, 1.807) is 13.2 Å². The molecule has 102 valence electrons. The minimum absolute atomic E-state index is 0.0951.